The van der Waals surface area contributed by atoms with Gasteiger partial charge < -0.3 is 10.2 Å². The first-order valence-corrected chi connectivity index (χ1v) is 12.5. The van der Waals surface area contributed by atoms with Crippen LogP contribution in [0.15, 0.2) is 109 Å². The summed E-state index contributed by atoms with van der Waals surface area (Å²) in [6, 6.07) is 33.2. The quantitative estimate of drug-likeness (QED) is 0.317. The van der Waals surface area contributed by atoms with E-state index in [1.165, 1.54) is 0 Å². The van der Waals surface area contributed by atoms with Gasteiger partial charge in [-0.3, -0.25) is 14.4 Å². The molecule has 2 aliphatic carbocycles. The van der Waals surface area contributed by atoms with E-state index in [4.69, 9.17) is 0 Å². The lowest BCUT2D eigenvalue weighted by molar-refractivity contribution is -0.155. The topological polar surface area (TPSA) is 91.7 Å². The van der Waals surface area contributed by atoms with Crippen molar-refractivity contribution >= 4 is 39.3 Å². The smallest absolute Gasteiger partial charge is 0.309 e. The molecule has 5 nitrogen and oxygen atoms in total. The molecule has 0 heterocycles. The third-order valence-electron chi connectivity index (χ3n) is 8.69. The molecule has 0 radical (unpaired) electrons. The number of carbonyl (C=O) groups excluding carboxylic acids is 1. The van der Waals surface area contributed by atoms with Crippen LogP contribution < -0.4 is 0 Å². The fourth-order valence-electron chi connectivity index (χ4n) is 7.56. The minimum absolute atomic E-state index is 0.390. The molecule has 0 spiro atoms. The lowest BCUT2D eigenvalue weighted by Crippen LogP contribution is -2.48. The number of benzene rings is 5. The Morgan fingerprint density at radius 3 is 1.16 bits per heavy atom. The van der Waals surface area contributed by atoms with Crippen LogP contribution in [-0.2, 0) is 25.2 Å². The molecule has 1 saturated carbocycles. The summed E-state index contributed by atoms with van der Waals surface area (Å²) in [4.78, 5) is 41.7. The van der Waals surface area contributed by atoms with Gasteiger partial charge in [-0.2, -0.15) is 0 Å². The fraction of sp³-hybridized carbons (Fsp3) is 0.121. The number of carboxylic acid groups (broad SMARTS) is 2. The zero-order chi connectivity index (χ0) is 26.2. The van der Waals surface area contributed by atoms with Gasteiger partial charge in [0.15, 0.2) is 5.78 Å². The van der Waals surface area contributed by atoms with Crippen molar-refractivity contribution in [2.24, 2.45) is 11.8 Å². The van der Waals surface area contributed by atoms with E-state index in [1.54, 1.807) is 48.5 Å². The fourth-order valence-corrected chi connectivity index (χ4v) is 7.56. The summed E-state index contributed by atoms with van der Waals surface area (Å²) < 4.78 is 0. The van der Waals surface area contributed by atoms with Crippen LogP contribution in [0.1, 0.15) is 22.3 Å². The first kappa shape index (κ1) is 22.4. The van der Waals surface area contributed by atoms with Crippen LogP contribution in [0.2, 0.25) is 0 Å². The van der Waals surface area contributed by atoms with Gasteiger partial charge in [-0.15, -0.1) is 0 Å². The second-order valence-electron chi connectivity index (χ2n) is 10.2. The van der Waals surface area contributed by atoms with Crippen LogP contribution in [0.3, 0.4) is 0 Å². The highest BCUT2D eigenvalue weighted by Crippen LogP contribution is 2.70. The first-order chi connectivity index (χ1) is 18.5. The number of rotatable bonds is 4. The molecule has 0 unspecified atom stereocenters. The van der Waals surface area contributed by atoms with Crippen LogP contribution >= 0.6 is 0 Å². The molecule has 7 rings (SSSR count). The maximum absolute atomic E-state index is 15.3. The molecule has 1 fully saturated rings. The van der Waals surface area contributed by atoms with Crippen molar-refractivity contribution in [3.63, 3.8) is 0 Å². The normalized spacial score (nSPS) is 25.5. The Labute approximate surface area is 218 Å². The van der Waals surface area contributed by atoms with Crippen molar-refractivity contribution in [3.05, 3.63) is 131 Å². The molecule has 4 atom stereocenters. The third kappa shape index (κ3) is 2.39. The molecule has 2 bridgehead atoms. The predicted octanol–water partition coefficient (Wildman–Crippen LogP) is 5.56. The molecule has 2 aliphatic rings. The third-order valence-corrected chi connectivity index (χ3v) is 8.69. The van der Waals surface area contributed by atoms with Crippen molar-refractivity contribution < 1.29 is 24.6 Å². The van der Waals surface area contributed by atoms with Gasteiger partial charge in [-0.25, -0.2) is 0 Å². The van der Waals surface area contributed by atoms with E-state index >= 15 is 4.79 Å². The molecule has 2 N–H and O–H groups in total. The van der Waals surface area contributed by atoms with Crippen LogP contribution in [0.4, 0.5) is 0 Å². The van der Waals surface area contributed by atoms with Gasteiger partial charge in [0.05, 0.1) is 22.7 Å². The van der Waals surface area contributed by atoms with Gasteiger partial charge in [0.2, 0.25) is 0 Å². The molecular formula is C33H22O5. The number of ketones is 1. The van der Waals surface area contributed by atoms with Gasteiger partial charge in [0.25, 0.3) is 0 Å². The summed E-state index contributed by atoms with van der Waals surface area (Å²) >= 11 is 0. The van der Waals surface area contributed by atoms with Crippen molar-refractivity contribution in [3.8, 4) is 0 Å². The van der Waals surface area contributed by atoms with E-state index in [2.05, 4.69) is 0 Å². The minimum Gasteiger partial charge on any atom is -0.481 e. The Hall–Kier alpha value is -4.77. The van der Waals surface area contributed by atoms with Gasteiger partial charge >= 0.3 is 11.9 Å². The monoisotopic (exact) mass is 498 g/mol. The Bertz CT molecular complexity index is 1680. The molecule has 0 amide bonds. The van der Waals surface area contributed by atoms with Crippen LogP contribution in [-0.4, -0.2) is 27.9 Å². The molecule has 0 saturated heterocycles. The van der Waals surface area contributed by atoms with Crippen LogP contribution in [0.5, 0.6) is 0 Å². The largest absolute Gasteiger partial charge is 0.481 e. The van der Waals surface area contributed by atoms with Crippen molar-refractivity contribution in [1.29, 1.82) is 0 Å². The minimum atomic E-state index is -1.69. The lowest BCUT2D eigenvalue weighted by Gasteiger charge is -2.40. The van der Waals surface area contributed by atoms with E-state index in [0.717, 1.165) is 21.5 Å². The molecule has 5 heteroatoms. The van der Waals surface area contributed by atoms with Gasteiger partial charge in [0.1, 0.15) is 0 Å². The Morgan fingerprint density at radius 2 is 0.816 bits per heavy atom. The molecule has 0 aromatic heterocycles. The van der Waals surface area contributed by atoms with Crippen molar-refractivity contribution in [2.75, 3.05) is 0 Å². The van der Waals surface area contributed by atoms with E-state index in [0.29, 0.717) is 22.3 Å². The van der Waals surface area contributed by atoms with Gasteiger partial charge in [-0.1, -0.05) is 109 Å². The number of carbonyl (C=O) groups is 3. The second-order valence-corrected chi connectivity index (χ2v) is 10.2. The standard InChI is InChI=1S/C33H22O5/c34-29(35)27-28(30(36)37)33(20-13-5-2-6-14-20)26-24-18-10-8-16-22(24)21-15-7-9-17-23(21)25(26)32(27,31(33)38)19-11-3-1-4-12-19/h1-18,27-28H,(H,34,35)(H,36,37)/t27-,28-,32-,33+/m1/s1. The highest BCUT2D eigenvalue weighted by molar-refractivity contribution is 6.25. The second kappa shape index (κ2) is 7.62. The average molecular weight is 499 g/mol. The maximum Gasteiger partial charge on any atom is 0.309 e. The molecule has 184 valence electrons. The molecule has 38 heavy (non-hydrogen) atoms. The van der Waals surface area contributed by atoms with E-state index in [-0.39, 0.29) is 0 Å². The summed E-state index contributed by atoms with van der Waals surface area (Å²) in [6.07, 6.45) is 0. The molecule has 5 aromatic rings. The lowest BCUT2D eigenvalue weighted by atomic mass is 9.58. The summed E-state index contributed by atoms with van der Waals surface area (Å²) in [7, 11) is 0. The van der Waals surface area contributed by atoms with Crippen molar-refractivity contribution in [2.45, 2.75) is 10.8 Å². The average Bonchev–Trinajstić information content (AvgIpc) is 3.34. The summed E-state index contributed by atoms with van der Waals surface area (Å²) in [5.41, 5.74) is -1.16. The predicted molar refractivity (Wildman–Crippen MR) is 143 cm³/mol. The van der Waals surface area contributed by atoms with Crippen LogP contribution in [0, 0.1) is 11.8 Å². The number of Topliss-reactive ketones (excluding diaryl/α,β-unsaturated/α-hetero) is 1. The van der Waals surface area contributed by atoms with Crippen molar-refractivity contribution in [1.82, 2.24) is 0 Å². The first-order valence-electron chi connectivity index (χ1n) is 12.5. The highest BCUT2D eigenvalue weighted by atomic mass is 16.4. The van der Waals surface area contributed by atoms with E-state index in [1.807, 2.05) is 60.7 Å². The summed E-state index contributed by atoms with van der Waals surface area (Å²) in [6.45, 7) is 0. The number of hydrogen-bond acceptors (Lipinski definition) is 3. The SMILES string of the molecule is O=C(O)[C@H]1[C@H](C(=O)O)[C@@]2(c3ccccc3)C(=O)[C@]1(c1ccccc1)c1c2c2ccccc2c2ccccc12. The Morgan fingerprint density at radius 1 is 0.500 bits per heavy atom. The number of carboxylic acids is 2. The van der Waals surface area contributed by atoms with E-state index in [9.17, 15) is 19.8 Å². The zero-order valence-corrected chi connectivity index (χ0v) is 20.2. The van der Waals surface area contributed by atoms with Gasteiger partial charge in [0, 0.05) is 0 Å². The zero-order valence-electron chi connectivity index (χ0n) is 20.2. The highest BCUT2D eigenvalue weighted by Gasteiger charge is 2.80. The summed E-state index contributed by atoms with van der Waals surface area (Å²) in [5, 5.41) is 24.9. The van der Waals surface area contributed by atoms with Gasteiger partial charge in [-0.05, 0) is 43.8 Å². The Balaban J connectivity index is 1.83. The molecule has 5 aromatic carbocycles. The summed E-state index contributed by atoms with van der Waals surface area (Å²) in [5.74, 6) is -6.00. The Kier molecular flexibility index (Phi) is 4.50. The number of hydrogen-bond donors (Lipinski definition) is 2. The molecule has 0 aliphatic heterocycles. The van der Waals surface area contributed by atoms with E-state index < -0.39 is 40.4 Å². The number of aliphatic carboxylic acids is 2. The van der Waals surface area contributed by atoms with Crippen LogP contribution in [0.25, 0.3) is 21.5 Å². The number of fused-ring (bicyclic) bond motifs is 10. The molecular weight excluding hydrogens is 476 g/mol. The maximum atomic E-state index is 15.3.